The number of halogens is 2. The number of rotatable bonds is 6. The van der Waals surface area contributed by atoms with Gasteiger partial charge >= 0.3 is 0 Å². The van der Waals surface area contributed by atoms with Crippen molar-refractivity contribution in [3.05, 3.63) is 77.4 Å². The molecule has 0 amide bonds. The first kappa shape index (κ1) is 20.6. The Labute approximate surface area is 171 Å². The van der Waals surface area contributed by atoms with Crippen LogP contribution < -0.4 is 0 Å². The van der Waals surface area contributed by atoms with E-state index in [1.54, 1.807) is 12.1 Å². The molecule has 158 valence electrons. The molecule has 0 saturated carbocycles. The fraction of sp³-hybridized carbons (Fsp3) is 0.300. The van der Waals surface area contributed by atoms with Crippen molar-refractivity contribution >= 4 is 9.84 Å². The Bertz CT molecular complexity index is 1120. The van der Waals surface area contributed by atoms with E-state index in [0.29, 0.717) is 19.5 Å². The molecule has 1 saturated heterocycles. The molecule has 0 bridgehead atoms. The molecule has 1 aliphatic rings. The molecule has 1 aromatic heterocycles. The Morgan fingerprint density at radius 3 is 2.37 bits per heavy atom. The third kappa shape index (κ3) is 4.55. The van der Waals surface area contributed by atoms with Crippen LogP contribution in [0.1, 0.15) is 29.7 Å². The maximum absolute atomic E-state index is 13.1. The van der Waals surface area contributed by atoms with Crippen LogP contribution in [0.15, 0.2) is 57.9 Å². The predicted molar refractivity (Wildman–Crippen MR) is 102 cm³/mol. The zero-order chi connectivity index (χ0) is 21.3. The first-order valence-corrected chi connectivity index (χ1v) is 10.9. The number of aliphatic hydroxyl groups is 1. The summed E-state index contributed by atoms with van der Waals surface area (Å²) in [6.45, 7) is 0.807. The highest BCUT2D eigenvalue weighted by Gasteiger charge is 2.36. The molecule has 10 heteroatoms. The summed E-state index contributed by atoms with van der Waals surface area (Å²) < 4.78 is 56.5. The van der Waals surface area contributed by atoms with Gasteiger partial charge in [-0.2, -0.15) is 4.98 Å². The van der Waals surface area contributed by atoms with Gasteiger partial charge in [-0.25, -0.2) is 17.2 Å². The number of nitrogens with zero attached hydrogens (tertiary/aromatic N) is 3. The molecule has 2 heterocycles. The summed E-state index contributed by atoms with van der Waals surface area (Å²) in [5, 5.41) is 13.9. The minimum Gasteiger partial charge on any atom is -0.392 e. The SMILES string of the molecule is O=S(=O)(Cc1noc([C@@H]2C[C@@H](O)CN2Cc2ccc(F)cc2)n1)c1ccc(F)cc1. The van der Waals surface area contributed by atoms with Crippen LogP contribution in [-0.4, -0.2) is 41.2 Å². The molecule has 0 unspecified atom stereocenters. The van der Waals surface area contributed by atoms with Gasteiger partial charge in [0.2, 0.25) is 5.89 Å². The summed E-state index contributed by atoms with van der Waals surface area (Å²) in [7, 11) is -3.77. The van der Waals surface area contributed by atoms with Gasteiger partial charge in [-0.3, -0.25) is 4.90 Å². The zero-order valence-corrected chi connectivity index (χ0v) is 16.6. The van der Waals surface area contributed by atoms with Gasteiger partial charge in [-0.05, 0) is 48.4 Å². The highest BCUT2D eigenvalue weighted by atomic mass is 32.2. The van der Waals surface area contributed by atoms with Crippen molar-refractivity contribution in [3.63, 3.8) is 0 Å². The standard InChI is InChI=1S/C20H19F2N3O4S/c21-14-3-1-13(2-4-14)10-25-11-16(26)9-18(25)20-23-19(24-29-20)12-30(27,28)17-7-5-15(22)6-8-17/h1-8,16,18,26H,9-12H2/t16-,18+/m1/s1. The smallest absolute Gasteiger partial charge is 0.244 e. The summed E-state index contributed by atoms with van der Waals surface area (Å²) >= 11 is 0. The Balaban J connectivity index is 1.50. The Morgan fingerprint density at radius 1 is 1.07 bits per heavy atom. The second-order valence-electron chi connectivity index (χ2n) is 7.22. The van der Waals surface area contributed by atoms with Gasteiger partial charge in [-0.1, -0.05) is 17.3 Å². The Hall–Kier alpha value is -2.69. The van der Waals surface area contributed by atoms with Gasteiger partial charge in [0.15, 0.2) is 15.7 Å². The quantitative estimate of drug-likeness (QED) is 0.595. The maximum Gasteiger partial charge on any atom is 0.244 e. The van der Waals surface area contributed by atoms with Gasteiger partial charge in [-0.15, -0.1) is 0 Å². The molecule has 1 fully saturated rings. The van der Waals surface area contributed by atoms with Crippen LogP contribution in [0, 0.1) is 11.6 Å². The Morgan fingerprint density at radius 2 is 1.70 bits per heavy atom. The number of sulfone groups is 1. The molecule has 0 radical (unpaired) electrons. The van der Waals surface area contributed by atoms with Gasteiger partial charge in [0.05, 0.1) is 17.0 Å². The van der Waals surface area contributed by atoms with E-state index in [9.17, 15) is 22.3 Å². The highest BCUT2D eigenvalue weighted by Crippen LogP contribution is 2.32. The summed E-state index contributed by atoms with van der Waals surface area (Å²) in [6.07, 6.45) is -0.248. The second-order valence-corrected chi connectivity index (χ2v) is 9.21. The molecule has 4 rings (SSSR count). The molecule has 0 spiro atoms. The van der Waals surface area contributed by atoms with E-state index in [2.05, 4.69) is 10.1 Å². The van der Waals surface area contributed by atoms with E-state index >= 15 is 0 Å². The molecule has 3 aromatic rings. The zero-order valence-electron chi connectivity index (χ0n) is 15.8. The largest absolute Gasteiger partial charge is 0.392 e. The van der Waals surface area contributed by atoms with E-state index in [1.807, 2.05) is 4.90 Å². The minimum absolute atomic E-state index is 0.0163. The monoisotopic (exact) mass is 435 g/mol. The summed E-state index contributed by atoms with van der Waals surface area (Å²) in [5.41, 5.74) is 0.856. The molecule has 7 nitrogen and oxygen atoms in total. The topological polar surface area (TPSA) is 96.5 Å². The number of aromatic nitrogens is 2. The highest BCUT2D eigenvalue weighted by molar-refractivity contribution is 7.90. The van der Waals surface area contributed by atoms with Crippen LogP contribution in [0.3, 0.4) is 0 Å². The molecule has 1 aliphatic heterocycles. The fourth-order valence-corrected chi connectivity index (χ4v) is 4.67. The average molecular weight is 435 g/mol. The van der Waals surface area contributed by atoms with Gasteiger partial charge in [0.25, 0.3) is 0 Å². The number of aliphatic hydroxyl groups excluding tert-OH is 1. The molecule has 2 aromatic carbocycles. The molecule has 2 atom stereocenters. The number of likely N-dealkylation sites (tertiary alicyclic amines) is 1. The fourth-order valence-electron chi connectivity index (χ4n) is 3.49. The van der Waals surface area contributed by atoms with Crippen molar-refractivity contribution in [1.29, 1.82) is 0 Å². The van der Waals surface area contributed by atoms with E-state index < -0.39 is 27.5 Å². The van der Waals surface area contributed by atoms with E-state index in [0.717, 1.165) is 17.7 Å². The van der Waals surface area contributed by atoms with E-state index in [-0.39, 0.29) is 28.5 Å². The lowest BCUT2D eigenvalue weighted by atomic mass is 10.1. The summed E-state index contributed by atoms with van der Waals surface area (Å²) in [4.78, 5) is 6.10. The molecule has 0 aliphatic carbocycles. The van der Waals surface area contributed by atoms with Crippen LogP contribution in [0.5, 0.6) is 0 Å². The Kier molecular flexibility index (Phi) is 5.63. The summed E-state index contributed by atoms with van der Waals surface area (Å²) in [6, 6.07) is 10.2. The first-order chi connectivity index (χ1) is 14.3. The molecule has 1 N–H and O–H groups in total. The van der Waals surface area contributed by atoms with Crippen LogP contribution in [0.2, 0.25) is 0 Å². The van der Waals surface area contributed by atoms with Gasteiger partial charge < -0.3 is 9.63 Å². The summed E-state index contributed by atoms with van der Waals surface area (Å²) in [5.74, 6) is -1.16. The van der Waals surface area contributed by atoms with Gasteiger partial charge in [0.1, 0.15) is 17.4 Å². The third-order valence-electron chi connectivity index (χ3n) is 4.94. The van der Waals surface area contributed by atoms with E-state index in [1.165, 1.54) is 24.3 Å². The number of hydrogen-bond donors (Lipinski definition) is 1. The van der Waals surface area contributed by atoms with Crippen LogP contribution in [0.25, 0.3) is 0 Å². The lowest BCUT2D eigenvalue weighted by Crippen LogP contribution is -2.24. The van der Waals surface area contributed by atoms with Crippen molar-refractivity contribution in [1.82, 2.24) is 15.0 Å². The molecular formula is C20H19F2N3O4S. The van der Waals surface area contributed by atoms with Crippen molar-refractivity contribution in [2.45, 2.75) is 35.8 Å². The molecular weight excluding hydrogens is 416 g/mol. The number of benzene rings is 2. The van der Waals surface area contributed by atoms with Crippen LogP contribution in [0.4, 0.5) is 8.78 Å². The second kappa shape index (κ2) is 8.21. The van der Waals surface area contributed by atoms with Crippen molar-refractivity contribution in [2.24, 2.45) is 0 Å². The number of hydrogen-bond acceptors (Lipinski definition) is 7. The first-order valence-electron chi connectivity index (χ1n) is 9.27. The normalized spacial score (nSPS) is 20.0. The minimum atomic E-state index is -3.77. The third-order valence-corrected chi connectivity index (χ3v) is 6.57. The van der Waals surface area contributed by atoms with Crippen LogP contribution in [-0.2, 0) is 22.1 Å². The average Bonchev–Trinajstić information content (AvgIpc) is 3.29. The van der Waals surface area contributed by atoms with Gasteiger partial charge in [0, 0.05) is 13.1 Å². The predicted octanol–water partition coefficient (Wildman–Crippen LogP) is 2.63. The van der Waals surface area contributed by atoms with Crippen LogP contribution >= 0.6 is 0 Å². The molecule has 30 heavy (non-hydrogen) atoms. The lowest BCUT2D eigenvalue weighted by Gasteiger charge is -2.21. The maximum atomic E-state index is 13.1. The number of β-amino-alcohol motifs (C(OH)–C–C–N with tert-alkyl or cyclic N) is 1. The van der Waals surface area contributed by atoms with Crippen molar-refractivity contribution in [2.75, 3.05) is 6.54 Å². The van der Waals surface area contributed by atoms with E-state index in [4.69, 9.17) is 4.52 Å². The lowest BCUT2D eigenvalue weighted by molar-refractivity contribution is 0.169. The van der Waals surface area contributed by atoms with Crippen molar-refractivity contribution < 1.29 is 26.8 Å². The van der Waals surface area contributed by atoms with Crippen molar-refractivity contribution in [3.8, 4) is 0 Å².